The van der Waals surface area contributed by atoms with Crippen molar-refractivity contribution in [3.05, 3.63) is 60.7 Å². The first kappa shape index (κ1) is 20.4. The summed E-state index contributed by atoms with van der Waals surface area (Å²) in [4.78, 5) is 19.4. The topological polar surface area (TPSA) is 70.4 Å². The maximum absolute atomic E-state index is 13.2. The molecular formula is C23H26FN7O. The number of rotatable bonds is 4. The van der Waals surface area contributed by atoms with Crippen molar-refractivity contribution < 1.29 is 9.18 Å². The van der Waals surface area contributed by atoms with Crippen molar-refractivity contribution in [3.63, 3.8) is 0 Å². The molecule has 3 aromatic rings. The number of halogens is 1. The lowest BCUT2D eigenvalue weighted by Gasteiger charge is -2.39. The highest BCUT2D eigenvalue weighted by Crippen LogP contribution is 2.25. The smallest absolute Gasteiger partial charge is 0.225 e. The van der Waals surface area contributed by atoms with Gasteiger partial charge in [-0.05, 0) is 55.3 Å². The summed E-state index contributed by atoms with van der Waals surface area (Å²) in [5.74, 6) is 1.60. The fourth-order valence-electron chi connectivity index (χ4n) is 4.46. The van der Waals surface area contributed by atoms with Gasteiger partial charge in [-0.25, -0.2) is 9.07 Å². The van der Waals surface area contributed by atoms with Crippen LogP contribution in [0.1, 0.15) is 12.8 Å². The minimum absolute atomic E-state index is 0.0555. The monoisotopic (exact) mass is 435 g/mol. The molecule has 0 bridgehead atoms. The standard InChI is InChI=1S/C23H26FN7O/c24-19-2-4-20(5-3-19)28-14-16-30(17-15-28)23(32)18-8-12-29(13-9-18)21-6-7-22(27-26-21)31-11-1-10-25-31/h1-7,10-11,18H,8-9,12-17H2. The molecule has 1 amide bonds. The van der Waals surface area contributed by atoms with Gasteiger partial charge in [-0.1, -0.05) is 0 Å². The highest BCUT2D eigenvalue weighted by atomic mass is 19.1. The van der Waals surface area contributed by atoms with Crippen LogP contribution in [-0.2, 0) is 4.79 Å². The molecule has 4 heterocycles. The second kappa shape index (κ2) is 8.94. The molecule has 1 aromatic carbocycles. The molecular weight excluding hydrogens is 409 g/mol. The molecule has 0 unspecified atom stereocenters. The van der Waals surface area contributed by atoms with Gasteiger partial charge in [0.1, 0.15) is 5.82 Å². The zero-order valence-electron chi connectivity index (χ0n) is 17.8. The summed E-state index contributed by atoms with van der Waals surface area (Å²) in [6, 6.07) is 12.3. The van der Waals surface area contributed by atoms with Crippen LogP contribution in [0, 0.1) is 11.7 Å². The number of carbonyl (C=O) groups excluding carboxylic acids is 1. The fraction of sp³-hybridized carbons (Fsp3) is 0.391. The van der Waals surface area contributed by atoms with Gasteiger partial charge in [-0.3, -0.25) is 4.79 Å². The van der Waals surface area contributed by atoms with Crippen molar-refractivity contribution in [2.45, 2.75) is 12.8 Å². The highest BCUT2D eigenvalue weighted by Gasteiger charge is 2.31. The average molecular weight is 436 g/mol. The van der Waals surface area contributed by atoms with Crippen molar-refractivity contribution in [1.82, 2.24) is 24.9 Å². The summed E-state index contributed by atoms with van der Waals surface area (Å²) in [5.41, 5.74) is 1.01. The Kier molecular flexibility index (Phi) is 5.70. The van der Waals surface area contributed by atoms with E-state index >= 15 is 0 Å². The Bertz CT molecular complexity index is 1020. The van der Waals surface area contributed by atoms with E-state index in [4.69, 9.17) is 0 Å². The van der Waals surface area contributed by atoms with Crippen LogP contribution in [0.4, 0.5) is 15.9 Å². The number of nitrogens with zero attached hydrogens (tertiary/aromatic N) is 7. The summed E-state index contributed by atoms with van der Waals surface area (Å²) in [7, 11) is 0. The Labute approximate surface area is 186 Å². The lowest BCUT2D eigenvalue weighted by atomic mass is 9.95. The maximum atomic E-state index is 13.2. The van der Waals surface area contributed by atoms with Gasteiger partial charge in [-0.15, -0.1) is 10.2 Å². The molecule has 166 valence electrons. The quantitative estimate of drug-likeness (QED) is 0.627. The van der Waals surface area contributed by atoms with Gasteiger partial charge in [0.15, 0.2) is 11.6 Å². The van der Waals surface area contributed by atoms with Crippen LogP contribution < -0.4 is 9.80 Å². The van der Waals surface area contributed by atoms with E-state index in [1.54, 1.807) is 23.0 Å². The van der Waals surface area contributed by atoms with Gasteiger partial charge in [-0.2, -0.15) is 5.10 Å². The molecule has 8 nitrogen and oxygen atoms in total. The second-order valence-corrected chi connectivity index (χ2v) is 8.25. The van der Waals surface area contributed by atoms with Crippen molar-refractivity contribution in [1.29, 1.82) is 0 Å². The van der Waals surface area contributed by atoms with Crippen LogP contribution in [0.15, 0.2) is 54.9 Å². The molecule has 0 saturated carbocycles. The Morgan fingerprint density at radius 2 is 1.53 bits per heavy atom. The average Bonchev–Trinajstić information content (AvgIpc) is 3.40. The number of aromatic nitrogens is 4. The Balaban J connectivity index is 1.12. The summed E-state index contributed by atoms with van der Waals surface area (Å²) < 4.78 is 14.8. The number of piperidine rings is 1. The van der Waals surface area contributed by atoms with E-state index in [1.165, 1.54) is 12.1 Å². The third-order valence-corrected chi connectivity index (χ3v) is 6.33. The van der Waals surface area contributed by atoms with Gasteiger partial charge < -0.3 is 14.7 Å². The van der Waals surface area contributed by atoms with Gasteiger partial charge in [0, 0.05) is 63.3 Å². The summed E-state index contributed by atoms with van der Waals surface area (Å²) in [5, 5.41) is 12.8. The van der Waals surface area contributed by atoms with E-state index in [9.17, 15) is 9.18 Å². The molecule has 0 N–H and O–H groups in total. The molecule has 2 aliphatic heterocycles. The molecule has 2 saturated heterocycles. The first-order valence-electron chi connectivity index (χ1n) is 11.1. The van der Waals surface area contributed by atoms with Crippen LogP contribution in [0.5, 0.6) is 0 Å². The van der Waals surface area contributed by atoms with Crippen molar-refractivity contribution >= 4 is 17.4 Å². The number of amides is 1. The number of piperazine rings is 1. The molecule has 2 fully saturated rings. The van der Waals surface area contributed by atoms with Gasteiger partial charge in [0.05, 0.1) is 0 Å². The zero-order valence-corrected chi connectivity index (χ0v) is 17.8. The minimum atomic E-state index is -0.228. The van der Waals surface area contributed by atoms with Crippen molar-refractivity contribution in [2.75, 3.05) is 49.1 Å². The molecule has 0 radical (unpaired) electrons. The molecule has 0 aliphatic carbocycles. The van der Waals surface area contributed by atoms with E-state index < -0.39 is 0 Å². The molecule has 2 aliphatic rings. The van der Waals surface area contributed by atoms with Crippen LogP contribution in [0.3, 0.4) is 0 Å². The molecule has 0 spiro atoms. The second-order valence-electron chi connectivity index (χ2n) is 8.25. The number of hydrogen-bond donors (Lipinski definition) is 0. The molecule has 0 atom stereocenters. The lowest BCUT2D eigenvalue weighted by Crippen LogP contribution is -2.51. The Morgan fingerprint density at radius 1 is 0.844 bits per heavy atom. The van der Waals surface area contributed by atoms with E-state index in [-0.39, 0.29) is 17.6 Å². The first-order valence-corrected chi connectivity index (χ1v) is 11.1. The number of benzene rings is 1. The third-order valence-electron chi connectivity index (χ3n) is 6.33. The van der Waals surface area contributed by atoms with Gasteiger partial charge >= 0.3 is 0 Å². The Morgan fingerprint density at radius 3 is 2.16 bits per heavy atom. The van der Waals surface area contributed by atoms with Crippen molar-refractivity contribution in [3.8, 4) is 5.82 Å². The highest BCUT2D eigenvalue weighted by molar-refractivity contribution is 5.79. The van der Waals surface area contributed by atoms with Gasteiger partial charge in [0.2, 0.25) is 5.91 Å². The van der Waals surface area contributed by atoms with Gasteiger partial charge in [0.25, 0.3) is 0 Å². The lowest BCUT2D eigenvalue weighted by molar-refractivity contribution is -0.136. The minimum Gasteiger partial charge on any atom is -0.368 e. The normalized spacial score (nSPS) is 17.6. The van der Waals surface area contributed by atoms with E-state index in [0.717, 1.165) is 50.5 Å². The molecule has 32 heavy (non-hydrogen) atoms. The molecule has 2 aromatic heterocycles. The Hall–Kier alpha value is -3.49. The number of hydrogen-bond acceptors (Lipinski definition) is 6. The van der Waals surface area contributed by atoms with Crippen molar-refractivity contribution in [2.24, 2.45) is 5.92 Å². The largest absolute Gasteiger partial charge is 0.368 e. The van der Waals surface area contributed by atoms with E-state index in [1.807, 2.05) is 29.3 Å². The summed E-state index contributed by atoms with van der Waals surface area (Å²) >= 11 is 0. The fourth-order valence-corrected chi connectivity index (χ4v) is 4.46. The predicted molar refractivity (Wildman–Crippen MR) is 119 cm³/mol. The summed E-state index contributed by atoms with van der Waals surface area (Å²) in [6.07, 6.45) is 5.18. The van der Waals surface area contributed by atoms with E-state index in [0.29, 0.717) is 18.9 Å². The SMILES string of the molecule is O=C(C1CCN(c2ccc(-n3cccn3)nn2)CC1)N1CCN(c2ccc(F)cc2)CC1. The maximum Gasteiger partial charge on any atom is 0.225 e. The van der Waals surface area contributed by atoms with Crippen LogP contribution in [-0.4, -0.2) is 70.1 Å². The van der Waals surface area contributed by atoms with Crippen LogP contribution >= 0.6 is 0 Å². The zero-order chi connectivity index (χ0) is 21.9. The first-order chi connectivity index (χ1) is 15.7. The predicted octanol–water partition coefficient (Wildman–Crippen LogP) is 2.37. The molecule has 9 heteroatoms. The third kappa shape index (κ3) is 4.28. The number of carbonyl (C=O) groups is 1. The summed E-state index contributed by atoms with van der Waals surface area (Å²) in [6.45, 7) is 4.54. The number of anilines is 2. The van der Waals surface area contributed by atoms with Crippen LogP contribution in [0.2, 0.25) is 0 Å². The van der Waals surface area contributed by atoms with Crippen LogP contribution in [0.25, 0.3) is 5.82 Å². The van der Waals surface area contributed by atoms with E-state index in [2.05, 4.69) is 25.1 Å². The molecule has 5 rings (SSSR count).